The zero-order chi connectivity index (χ0) is 20.7. The molecule has 9 nitrogen and oxygen atoms in total. The number of carbonyl (C=O) groups excluding carboxylic acids is 1. The van der Waals surface area contributed by atoms with Gasteiger partial charge in [-0.05, 0) is 42.4 Å². The Balaban J connectivity index is 2.05. The Kier molecular flexibility index (Phi) is 7.24. The van der Waals surface area contributed by atoms with Gasteiger partial charge in [0.1, 0.15) is 0 Å². The fraction of sp³-hybridized carbons (Fsp3) is 0.294. The van der Waals surface area contributed by atoms with Crippen LogP contribution in [0.4, 0.5) is 11.5 Å². The van der Waals surface area contributed by atoms with Crippen molar-refractivity contribution in [2.45, 2.75) is 25.2 Å². The van der Waals surface area contributed by atoms with Gasteiger partial charge in [-0.15, -0.1) is 0 Å². The molecule has 2 rings (SSSR count). The number of benzene rings is 1. The van der Waals surface area contributed by atoms with Gasteiger partial charge in [0.2, 0.25) is 11.7 Å². The summed E-state index contributed by atoms with van der Waals surface area (Å²) in [5.41, 5.74) is 0.533. The van der Waals surface area contributed by atoms with E-state index in [0.29, 0.717) is 12.1 Å². The van der Waals surface area contributed by atoms with E-state index in [9.17, 15) is 13.2 Å². The standard InChI is InChI=1S/C17H21N5O4S2/c1-11(2)10-14(23)21-17(27)20-12-4-6-13(7-5-12)28(24,25)22-15-16(26-3)19-9-8-18-15/h4-9,11H,10H2,1-3H3,(H,18,22)(H2,20,21,23,27). The van der Waals surface area contributed by atoms with E-state index >= 15 is 0 Å². The van der Waals surface area contributed by atoms with Gasteiger partial charge in [-0.25, -0.2) is 18.4 Å². The summed E-state index contributed by atoms with van der Waals surface area (Å²) in [7, 11) is -2.52. The second-order valence-corrected chi connectivity index (χ2v) is 8.24. The normalized spacial score (nSPS) is 11.0. The minimum atomic E-state index is -3.89. The summed E-state index contributed by atoms with van der Waals surface area (Å²) < 4.78 is 32.3. The molecule has 2 aromatic rings. The number of amides is 1. The van der Waals surface area contributed by atoms with Crippen LogP contribution >= 0.6 is 12.2 Å². The summed E-state index contributed by atoms with van der Waals surface area (Å²) in [5, 5.41) is 5.55. The molecule has 0 radical (unpaired) electrons. The van der Waals surface area contributed by atoms with Crippen LogP contribution in [-0.4, -0.2) is 36.5 Å². The van der Waals surface area contributed by atoms with Crippen molar-refractivity contribution < 1.29 is 17.9 Å². The SMILES string of the molecule is COc1nccnc1NS(=O)(=O)c1ccc(NC(=S)NC(=O)CC(C)C)cc1. The Morgan fingerprint density at radius 3 is 2.43 bits per heavy atom. The van der Waals surface area contributed by atoms with E-state index in [4.69, 9.17) is 17.0 Å². The molecule has 28 heavy (non-hydrogen) atoms. The van der Waals surface area contributed by atoms with Crippen molar-refractivity contribution in [3.63, 3.8) is 0 Å². The van der Waals surface area contributed by atoms with Crippen molar-refractivity contribution in [1.29, 1.82) is 0 Å². The molecular weight excluding hydrogens is 402 g/mol. The lowest BCUT2D eigenvalue weighted by molar-refractivity contribution is -0.120. The molecule has 0 fully saturated rings. The van der Waals surface area contributed by atoms with Gasteiger partial charge in [0, 0.05) is 24.5 Å². The molecule has 0 bridgehead atoms. The van der Waals surface area contributed by atoms with Crippen molar-refractivity contribution >= 4 is 44.8 Å². The van der Waals surface area contributed by atoms with Gasteiger partial charge in [-0.2, -0.15) is 0 Å². The topological polar surface area (TPSA) is 122 Å². The zero-order valence-corrected chi connectivity index (χ0v) is 17.2. The molecule has 0 aliphatic carbocycles. The first-order valence-corrected chi connectivity index (χ1v) is 10.2. The third-order valence-corrected chi connectivity index (χ3v) is 4.92. The molecule has 1 aromatic carbocycles. The molecule has 0 aliphatic heterocycles. The summed E-state index contributed by atoms with van der Waals surface area (Å²) >= 11 is 5.08. The summed E-state index contributed by atoms with van der Waals surface area (Å²) in [6.07, 6.45) is 3.10. The zero-order valence-electron chi connectivity index (χ0n) is 15.6. The first kappa shape index (κ1) is 21.5. The van der Waals surface area contributed by atoms with Gasteiger partial charge in [0.25, 0.3) is 15.9 Å². The molecule has 0 aliphatic rings. The fourth-order valence-corrected chi connectivity index (χ4v) is 3.40. The Morgan fingerprint density at radius 1 is 1.18 bits per heavy atom. The number of ether oxygens (including phenoxy) is 1. The maximum absolute atomic E-state index is 12.5. The van der Waals surface area contributed by atoms with E-state index in [1.165, 1.54) is 43.8 Å². The molecule has 0 spiro atoms. The van der Waals surface area contributed by atoms with Crippen LogP contribution in [0.15, 0.2) is 41.6 Å². The van der Waals surface area contributed by atoms with E-state index < -0.39 is 10.0 Å². The summed E-state index contributed by atoms with van der Waals surface area (Å²) in [6.45, 7) is 3.86. The van der Waals surface area contributed by atoms with Crippen molar-refractivity contribution in [2.24, 2.45) is 5.92 Å². The first-order chi connectivity index (χ1) is 13.2. The van der Waals surface area contributed by atoms with Crippen molar-refractivity contribution in [3.8, 4) is 5.88 Å². The summed E-state index contributed by atoms with van der Waals surface area (Å²) in [6, 6.07) is 5.85. The van der Waals surface area contributed by atoms with Crippen molar-refractivity contribution in [1.82, 2.24) is 15.3 Å². The van der Waals surface area contributed by atoms with E-state index in [1.54, 1.807) is 0 Å². The van der Waals surface area contributed by atoms with Crippen LogP contribution in [0, 0.1) is 5.92 Å². The third-order valence-electron chi connectivity index (χ3n) is 3.36. The fourth-order valence-electron chi connectivity index (χ4n) is 2.16. The molecule has 11 heteroatoms. The number of aromatic nitrogens is 2. The number of carbonyl (C=O) groups is 1. The van der Waals surface area contributed by atoms with E-state index in [1.807, 2.05) is 13.8 Å². The number of thiocarbonyl (C=S) groups is 1. The predicted molar refractivity (Wildman–Crippen MR) is 110 cm³/mol. The molecule has 0 saturated carbocycles. The molecule has 0 atom stereocenters. The molecule has 1 heterocycles. The van der Waals surface area contributed by atoms with Gasteiger partial charge in [0.15, 0.2) is 5.11 Å². The lowest BCUT2D eigenvalue weighted by atomic mass is 10.1. The third kappa shape index (κ3) is 6.13. The minimum absolute atomic E-state index is 0.0127. The van der Waals surface area contributed by atoms with Gasteiger partial charge in [-0.1, -0.05) is 13.8 Å². The van der Waals surface area contributed by atoms with E-state index in [-0.39, 0.29) is 33.5 Å². The molecular formula is C17H21N5O4S2. The number of sulfonamides is 1. The summed E-state index contributed by atoms with van der Waals surface area (Å²) in [4.78, 5) is 19.5. The van der Waals surface area contributed by atoms with Gasteiger partial charge >= 0.3 is 0 Å². The minimum Gasteiger partial charge on any atom is -0.478 e. The van der Waals surface area contributed by atoms with Gasteiger partial charge in [0.05, 0.1) is 12.0 Å². The highest BCUT2D eigenvalue weighted by Gasteiger charge is 2.18. The lowest BCUT2D eigenvalue weighted by Gasteiger charge is -2.12. The largest absolute Gasteiger partial charge is 0.478 e. The highest BCUT2D eigenvalue weighted by Crippen LogP contribution is 2.22. The Bertz CT molecular complexity index is 946. The number of hydrogen-bond acceptors (Lipinski definition) is 7. The van der Waals surface area contributed by atoms with Crippen LogP contribution in [0.2, 0.25) is 0 Å². The highest BCUT2D eigenvalue weighted by molar-refractivity contribution is 7.92. The number of methoxy groups -OCH3 is 1. The number of nitrogens with one attached hydrogen (secondary N) is 3. The van der Waals surface area contributed by atoms with Gasteiger partial charge in [-0.3, -0.25) is 9.52 Å². The number of nitrogens with zero attached hydrogens (tertiary/aromatic N) is 2. The van der Waals surface area contributed by atoms with Crippen LogP contribution in [0.1, 0.15) is 20.3 Å². The maximum atomic E-state index is 12.5. The van der Waals surface area contributed by atoms with Crippen LogP contribution in [0.5, 0.6) is 5.88 Å². The first-order valence-electron chi connectivity index (χ1n) is 8.30. The molecule has 1 amide bonds. The quantitative estimate of drug-likeness (QED) is 0.579. The Labute approximate surface area is 169 Å². The predicted octanol–water partition coefficient (Wildman–Crippen LogP) is 2.15. The van der Waals surface area contributed by atoms with E-state index in [0.717, 1.165) is 0 Å². The molecule has 150 valence electrons. The highest BCUT2D eigenvalue weighted by atomic mass is 32.2. The number of anilines is 2. The summed E-state index contributed by atoms with van der Waals surface area (Å²) in [5.74, 6) is 0.0784. The Morgan fingerprint density at radius 2 is 1.82 bits per heavy atom. The number of rotatable bonds is 7. The maximum Gasteiger partial charge on any atom is 0.263 e. The second-order valence-electron chi connectivity index (χ2n) is 6.14. The lowest BCUT2D eigenvalue weighted by Crippen LogP contribution is -2.34. The molecule has 0 saturated heterocycles. The molecule has 0 unspecified atom stereocenters. The monoisotopic (exact) mass is 423 g/mol. The average Bonchev–Trinajstić information content (AvgIpc) is 2.61. The van der Waals surface area contributed by atoms with Crippen LogP contribution < -0.4 is 20.1 Å². The van der Waals surface area contributed by atoms with Crippen LogP contribution in [0.3, 0.4) is 0 Å². The van der Waals surface area contributed by atoms with Crippen LogP contribution in [-0.2, 0) is 14.8 Å². The molecule has 1 aromatic heterocycles. The smallest absolute Gasteiger partial charge is 0.263 e. The molecule has 3 N–H and O–H groups in total. The van der Waals surface area contributed by atoms with Gasteiger partial charge < -0.3 is 15.4 Å². The Hall–Kier alpha value is -2.79. The average molecular weight is 424 g/mol. The second kappa shape index (κ2) is 9.42. The van der Waals surface area contributed by atoms with E-state index in [2.05, 4.69) is 25.3 Å². The van der Waals surface area contributed by atoms with Crippen molar-refractivity contribution in [3.05, 3.63) is 36.7 Å². The number of hydrogen-bond donors (Lipinski definition) is 3. The van der Waals surface area contributed by atoms with Crippen LogP contribution in [0.25, 0.3) is 0 Å². The van der Waals surface area contributed by atoms with Crippen molar-refractivity contribution in [2.75, 3.05) is 17.1 Å².